The van der Waals surface area contributed by atoms with E-state index in [0.29, 0.717) is 37.0 Å². The minimum atomic E-state index is -4.35. The van der Waals surface area contributed by atoms with Gasteiger partial charge in [0, 0.05) is 6.08 Å². The average molecular weight is 372 g/mol. The van der Waals surface area contributed by atoms with Crippen LogP contribution >= 0.6 is 0 Å². The van der Waals surface area contributed by atoms with E-state index in [1.54, 1.807) is 24.3 Å². The first kappa shape index (κ1) is 20.0. The molecule has 0 atom stereocenters. The van der Waals surface area contributed by atoms with Gasteiger partial charge in [-0.2, -0.15) is 13.2 Å². The standard InChI is InChI=1S/C18H19F3O5/c19-18(20,21)11-25-14-8-4-13(5-9-14)17(24)26-15-6-1-12(2-7-15)3-10-16(22)23/h1-3,6-7,10,13-14H,4-5,8-9,11H2,(H,22,23). The van der Waals surface area contributed by atoms with Crippen molar-refractivity contribution < 1.29 is 37.3 Å². The fraction of sp³-hybridized carbons (Fsp3) is 0.444. The van der Waals surface area contributed by atoms with E-state index < -0.39 is 30.8 Å². The molecule has 1 fully saturated rings. The lowest BCUT2D eigenvalue weighted by atomic mass is 9.87. The van der Waals surface area contributed by atoms with Crippen molar-refractivity contribution in [1.29, 1.82) is 0 Å². The van der Waals surface area contributed by atoms with E-state index in [0.717, 1.165) is 6.08 Å². The predicted molar refractivity (Wildman–Crippen MR) is 86.5 cm³/mol. The van der Waals surface area contributed by atoms with Gasteiger partial charge in [0.1, 0.15) is 12.4 Å². The quantitative estimate of drug-likeness (QED) is 0.467. The Morgan fingerprint density at radius 3 is 2.27 bits per heavy atom. The van der Waals surface area contributed by atoms with Crippen molar-refractivity contribution in [3.8, 4) is 5.75 Å². The first-order valence-electron chi connectivity index (χ1n) is 8.14. The van der Waals surface area contributed by atoms with Crippen molar-refractivity contribution in [3.63, 3.8) is 0 Å². The van der Waals surface area contributed by atoms with Gasteiger partial charge in [0.2, 0.25) is 0 Å². The summed E-state index contributed by atoms with van der Waals surface area (Å²) in [5, 5.41) is 8.56. The Hall–Kier alpha value is -2.35. The Labute approximate surface area is 148 Å². The van der Waals surface area contributed by atoms with Crippen LogP contribution in [0, 0.1) is 5.92 Å². The normalized spacial score (nSPS) is 20.9. The van der Waals surface area contributed by atoms with E-state index in [4.69, 9.17) is 14.6 Å². The number of esters is 1. The molecule has 5 nitrogen and oxygen atoms in total. The summed E-state index contributed by atoms with van der Waals surface area (Å²) in [4.78, 5) is 22.6. The van der Waals surface area contributed by atoms with Crippen LogP contribution in [0.1, 0.15) is 31.2 Å². The zero-order valence-corrected chi connectivity index (χ0v) is 13.9. The van der Waals surface area contributed by atoms with E-state index in [1.807, 2.05) is 0 Å². The maximum atomic E-state index is 12.2. The Morgan fingerprint density at radius 1 is 1.12 bits per heavy atom. The monoisotopic (exact) mass is 372 g/mol. The van der Waals surface area contributed by atoms with Crippen molar-refractivity contribution >= 4 is 18.0 Å². The lowest BCUT2D eigenvalue weighted by Gasteiger charge is -2.27. The molecule has 8 heteroatoms. The Morgan fingerprint density at radius 2 is 1.73 bits per heavy atom. The molecule has 142 valence electrons. The number of hydrogen-bond donors (Lipinski definition) is 1. The summed E-state index contributed by atoms with van der Waals surface area (Å²) in [7, 11) is 0. The predicted octanol–water partition coefficient (Wildman–Crippen LogP) is 3.83. The molecule has 0 aliphatic heterocycles. The van der Waals surface area contributed by atoms with Crippen molar-refractivity contribution in [2.24, 2.45) is 5.92 Å². The van der Waals surface area contributed by atoms with E-state index in [1.165, 1.54) is 6.08 Å². The highest BCUT2D eigenvalue weighted by Crippen LogP contribution is 2.29. The molecular formula is C18H19F3O5. The number of carbonyl (C=O) groups excluding carboxylic acids is 1. The number of carbonyl (C=O) groups is 2. The summed E-state index contributed by atoms with van der Waals surface area (Å²) in [6.45, 7) is -1.27. The Balaban J connectivity index is 1.79. The van der Waals surface area contributed by atoms with Gasteiger partial charge in [-0.1, -0.05) is 12.1 Å². The third-order valence-electron chi connectivity index (χ3n) is 4.01. The van der Waals surface area contributed by atoms with Crippen molar-refractivity contribution in [2.75, 3.05) is 6.61 Å². The lowest BCUT2D eigenvalue weighted by molar-refractivity contribution is -0.189. The van der Waals surface area contributed by atoms with Crippen molar-refractivity contribution in [2.45, 2.75) is 38.0 Å². The first-order chi connectivity index (χ1) is 12.2. The molecule has 1 aliphatic rings. The second-order valence-electron chi connectivity index (χ2n) is 6.06. The van der Waals surface area contributed by atoms with Crippen LogP contribution in [0.3, 0.4) is 0 Å². The number of benzene rings is 1. The zero-order chi connectivity index (χ0) is 19.2. The minimum Gasteiger partial charge on any atom is -0.478 e. The van der Waals surface area contributed by atoms with Gasteiger partial charge in [0.15, 0.2) is 0 Å². The fourth-order valence-corrected chi connectivity index (χ4v) is 2.69. The average Bonchev–Trinajstić information content (AvgIpc) is 2.59. The van der Waals surface area contributed by atoms with Crippen LogP contribution in [0.25, 0.3) is 6.08 Å². The third-order valence-corrected chi connectivity index (χ3v) is 4.01. The van der Waals surface area contributed by atoms with Gasteiger partial charge in [0.05, 0.1) is 12.0 Å². The van der Waals surface area contributed by atoms with Crippen LogP contribution in [0.4, 0.5) is 13.2 Å². The van der Waals surface area contributed by atoms with Crippen molar-refractivity contribution in [3.05, 3.63) is 35.9 Å². The molecule has 2 rings (SSSR count). The number of rotatable bonds is 6. The summed E-state index contributed by atoms with van der Waals surface area (Å²) in [6, 6.07) is 6.34. The van der Waals surface area contributed by atoms with Gasteiger partial charge in [-0.15, -0.1) is 0 Å². The van der Waals surface area contributed by atoms with Crippen LogP contribution < -0.4 is 4.74 Å². The smallest absolute Gasteiger partial charge is 0.411 e. The third kappa shape index (κ3) is 6.87. The molecule has 1 aromatic rings. The molecule has 0 unspecified atom stereocenters. The minimum absolute atomic E-state index is 0.331. The van der Waals surface area contributed by atoms with Gasteiger partial charge < -0.3 is 14.6 Å². The topological polar surface area (TPSA) is 72.8 Å². The lowest BCUT2D eigenvalue weighted by Crippen LogP contribution is -2.31. The van der Waals surface area contributed by atoms with Crippen LogP contribution in [0.2, 0.25) is 0 Å². The molecule has 26 heavy (non-hydrogen) atoms. The molecule has 0 bridgehead atoms. The number of hydrogen-bond acceptors (Lipinski definition) is 4. The van der Waals surface area contributed by atoms with Crippen LogP contribution in [0.15, 0.2) is 30.3 Å². The molecule has 0 radical (unpaired) electrons. The molecule has 0 saturated heterocycles. The van der Waals surface area contributed by atoms with Gasteiger partial charge >= 0.3 is 18.1 Å². The summed E-state index contributed by atoms with van der Waals surface area (Å²) in [5.41, 5.74) is 0.648. The highest BCUT2D eigenvalue weighted by atomic mass is 19.4. The van der Waals surface area contributed by atoms with Gasteiger partial charge in [-0.05, 0) is 49.5 Å². The van der Waals surface area contributed by atoms with E-state index >= 15 is 0 Å². The second kappa shape index (κ2) is 8.84. The molecule has 0 heterocycles. The zero-order valence-electron chi connectivity index (χ0n) is 13.9. The van der Waals surface area contributed by atoms with Crippen molar-refractivity contribution in [1.82, 2.24) is 0 Å². The number of halogens is 3. The van der Waals surface area contributed by atoms with E-state index in [2.05, 4.69) is 0 Å². The SMILES string of the molecule is O=C(O)C=Cc1ccc(OC(=O)C2CCC(OCC(F)(F)F)CC2)cc1. The van der Waals surface area contributed by atoms with Gasteiger partial charge in [-0.3, -0.25) is 4.79 Å². The molecule has 0 aromatic heterocycles. The van der Waals surface area contributed by atoms with Crippen LogP contribution in [-0.4, -0.2) is 35.9 Å². The van der Waals surface area contributed by atoms with Crippen LogP contribution in [0.5, 0.6) is 5.75 Å². The molecule has 1 aromatic carbocycles. The molecule has 1 aliphatic carbocycles. The molecule has 1 saturated carbocycles. The molecular weight excluding hydrogens is 353 g/mol. The highest BCUT2D eigenvalue weighted by Gasteiger charge is 2.32. The Kier molecular flexibility index (Phi) is 6.79. The largest absolute Gasteiger partial charge is 0.478 e. The number of carboxylic acids is 1. The summed E-state index contributed by atoms with van der Waals surface area (Å²) >= 11 is 0. The maximum Gasteiger partial charge on any atom is 0.411 e. The van der Waals surface area contributed by atoms with Gasteiger partial charge in [-0.25, -0.2) is 4.79 Å². The summed E-state index contributed by atoms with van der Waals surface area (Å²) < 4.78 is 46.5. The molecule has 1 N–H and O–H groups in total. The van der Waals surface area contributed by atoms with E-state index in [9.17, 15) is 22.8 Å². The maximum absolute atomic E-state index is 12.2. The number of ether oxygens (including phenoxy) is 2. The van der Waals surface area contributed by atoms with Crippen LogP contribution in [-0.2, 0) is 14.3 Å². The van der Waals surface area contributed by atoms with Gasteiger partial charge in [0.25, 0.3) is 0 Å². The highest BCUT2D eigenvalue weighted by molar-refractivity contribution is 5.85. The first-order valence-corrected chi connectivity index (χ1v) is 8.14. The number of aliphatic carboxylic acids is 1. The fourth-order valence-electron chi connectivity index (χ4n) is 2.69. The number of carboxylic acid groups (broad SMARTS) is 1. The summed E-state index contributed by atoms with van der Waals surface area (Å²) in [5.74, 6) is -1.52. The molecule has 0 spiro atoms. The van der Waals surface area contributed by atoms with E-state index in [-0.39, 0.29) is 5.92 Å². The Bertz CT molecular complexity index is 644. The number of alkyl halides is 3. The summed E-state index contributed by atoms with van der Waals surface area (Å²) in [6.07, 6.45) is -0.815. The molecule has 0 amide bonds. The second-order valence-corrected chi connectivity index (χ2v) is 6.06.